The number of fused-ring (bicyclic) bond motifs is 1. The van der Waals surface area contributed by atoms with Crippen molar-refractivity contribution in [2.45, 2.75) is 12.1 Å². The zero-order chi connectivity index (χ0) is 12.5. The van der Waals surface area contributed by atoms with Gasteiger partial charge in [-0.25, -0.2) is 8.78 Å². The van der Waals surface area contributed by atoms with E-state index < -0.39 is 12.1 Å². The van der Waals surface area contributed by atoms with Crippen molar-refractivity contribution >= 4 is 0 Å². The summed E-state index contributed by atoms with van der Waals surface area (Å²) < 4.78 is 33.1. The zero-order valence-electron chi connectivity index (χ0n) is 9.64. The predicted molar refractivity (Wildman–Crippen MR) is 64.9 cm³/mol. The van der Waals surface area contributed by atoms with Crippen molar-refractivity contribution in [3.8, 4) is 5.75 Å². The van der Waals surface area contributed by atoms with Crippen molar-refractivity contribution in [2.75, 3.05) is 6.61 Å². The molecule has 2 aromatic carbocycles. The highest BCUT2D eigenvalue weighted by Crippen LogP contribution is 2.43. The molecule has 0 spiro atoms. The van der Waals surface area contributed by atoms with E-state index in [4.69, 9.17) is 4.74 Å². The first-order valence-electron chi connectivity index (χ1n) is 5.87. The number of halogens is 2. The fraction of sp³-hybridized carbons (Fsp3) is 0.200. The van der Waals surface area contributed by atoms with Gasteiger partial charge in [0.2, 0.25) is 0 Å². The minimum atomic E-state index is -1.17. The summed E-state index contributed by atoms with van der Waals surface area (Å²) in [5, 5.41) is 0. The van der Waals surface area contributed by atoms with Crippen LogP contribution >= 0.6 is 0 Å². The van der Waals surface area contributed by atoms with Crippen molar-refractivity contribution in [3.63, 3.8) is 0 Å². The molecule has 3 heteroatoms. The molecular formula is C15H12F2O. The first kappa shape index (κ1) is 11.2. The van der Waals surface area contributed by atoms with Crippen LogP contribution in [0, 0.1) is 5.82 Å². The number of hydrogen-bond acceptors (Lipinski definition) is 1. The Morgan fingerprint density at radius 2 is 1.89 bits per heavy atom. The molecule has 0 amide bonds. The van der Waals surface area contributed by atoms with Crippen LogP contribution in [0.25, 0.3) is 0 Å². The highest BCUT2D eigenvalue weighted by atomic mass is 19.1. The first-order chi connectivity index (χ1) is 8.75. The first-order valence-corrected chi connectivity index (χ1v) is 5.87. The monoisotopic (exact) mass is 246 g/mol. The molecule has 18 heavy (non-hydrogen) atoms. The van der Waals surface area contributed by atoms with Gasteiger partial charge in [-0.1, -0.05) is 30.3 Å². The lowest BCUT2D eigenvalue weighted by molar-refractivity contribution is 0.236. The molecule has 2 aromatic rings. The standard InChI is InChI=1S/C15H12F2O/c16-11-6-7-14-12(8-11)13(9-18-14)15(17)10-4-2-1-3-5-10/h1-8,13,15H,9H2. The maximum Gasteiger partial charge on any atom is 0.135 e. The van der Waals surface area contributed by atoms with Crippen molar-refractivity contribution in [3.05, 3.63) is 65.5 Å². The fourth-order valence-corrected chi connectivity index (χ4v) is 2.32. The van der Waals surface area contributed by atoms with E-state index in [9.17, 15) is 8.78 Å². The molecule has 0 saturated heterocycles. The Kier molecular flexibility index (Phi) is 2.74. The smallest absolute Gasteiger partial charge is 0.135 e. The second-order valence-corrected chi connectivity index (χ2v) is 4.41. The van der Waals surface area contributed by atoms with E-state index in [0.717, 1.165) is 0 Å². The number of hydrogen-bond donors (Lipinski definition) is 0. The van der Waals surface area contributed by atoms with Gasteiger partial charge in [0, 0.05) is 5.56 Å². The van der Waals surface area contributed by atoms with Crippen LogP contribution in [0.15, 0.2) is 48.5 Å². The molecule has 1 heterocycles. The summed E-state index contributed by atoms with van der Waals surface area (Å²) >= 11 is 0. The van der Waals surface area contributed by atoms with Gasteiger partial charge < -0.3 is 4.74 Å². The third-order valence-electron chi connectivity index (χ3n) is 3.26. The van der Waals surface area contributed by atoms with E-state index >= 15 is 0 Å². The third-order valence-corrected chi connectivity index (χ3v) is 3.26. The lowest BCUT2D eigenvalue weighted by atomic mass is 9.92. The van der Waals surface area contributed by atoms with Crippen molar-refractivity contribution < 1.29 is 13.5 Å². The molecule has 1 aliphatic rings. The van der Waals surface area contributed by atoms with Gasteiger partial charge in [-0.2, -0.15) is 0 Å². The minimum Gasteiger partial charge on any atom is -0.493 e. The average molecular weight is 246 g/mol. The van der Waals surface area contributed by atoms with Crippen LogP contribution in [-0.4, -0.2) is 6.61 Å². The van der Waals surface area contributed by atoms with E-state index in [1.165, 1.54) is 12.1 Å². The topological polar surface area (TPSA) is 9.23 Å². The summed E-state index contributed by atoms with van der Waals surface area (Å²) in [6.45, 7) is 0.259. The highest BCUT2D eigenvalue weighted by Gasteiger charge is 2.32. The largest absolute Gasteiger partial charge is 0.493 e. The predicted octanol–water partition coefficient (Wildman–Crippen LogP) is 4.01. The van der Waals surface area contributed by atoms with Crippen LogP contribution in [0.5, 0.6) is 5.75 Å². The lowest BCUT2D eigenvalue weighted by Gasteiger charge is -2.15. The van der Waals surface area contributed by atoms with Gasteiger partial charge in [-0.3, -0.25) is 0 Å². The highest BCUT2D eigenvalue weighted by molar-refractivity contribution is 5.42. The SMILES string of the molecule is Fc1ccc2c(c1)C(C(F)c1ccccc1)CO2. The summed E-state index contributed by atoms with van der Waals surface area (Å²) in [4.78, 5) is 0. The van der Waals surface area contributed by atoms with Gasteiger partial charge in [-0.15, -0.1) is 0 Å². The van der Waals surface area contributed by atoms with Crippen molar-refractivity contribution in [1.29, 1.82) is 0 Å². The second-order valence-electron chi connectivity index (χ2n) is 4.41. The third kappa shape index (κ3) is 1.86. The second kappa shape index (κ2) is 4.41. The Labute approximate surface area is 104 Å². The summed E-state index contributed by atoms with van der Waals surface area (Å²) in [5.41, 5.74) is 1.22. The fourth-order valence-electron chi connectivity index (χ4n) is 2.32. The van der Waals surface area contributed by atoms with Crippen LogP contribution in [0.1, 0.15) is 23.2 Å². The summed E-state index contributed by atoms with van der Waals surface area (Å²) in [5.74, 6) is -0.206. The molecule has 0 fully saturated rings. The van der Waals surface area contributed by atoms with Crippen LogP contribution < -0.4 is 4.74 Å². The van der Waals surface area contributed by atoms with E-state index in [0.29, 0.717) is 16.9 Å². The summed E-state index contributed by atoms with van der Waals surface area (Å²) in [6.07, 6.45) is -1.17. The molecule has 0 aromatic heterocycles. The van der Waals surface area contributed by atoms with Gasteiger partial charge >= 0.3 is 0 Å². The normalized spacial score (nSPS) is 19.1. The average Bonchev–Trinajstić information content (AvgIpc) is 2.82. The van der Waals surface area contributed by atoms with Gasteiger partial charge in [0.05, 0.1) is 12.5 Å². The molecule has 1 aliphatic heterocycles. The molecule has 0 saturated carbocycles. The van der Waals surface area contributed by atoms with Crippen LogP contribution in [0.3, 0.4) is 0 Å². The van der Waals surface area contributed by atoms with Gasteiger partial charge in [-0.05, 0) is 23.8 Å². The molecule has 2 unspecified atom stereocenters. The van der Waals surface area contributed by atoms with E-state index in [1.807, 2.05) is 6.07 Å². The molecule has 0 N–H and O–H groups in total. The number of ether oxygens (including phenoxy) is 1. The summed E-state index contributed by atoms with van der Waals surface area (Å²) in [7, 11) is 0. The zero-order valence-corrected chi connectivity index (χ0v) is 9.64. The number of benzene rings is 2. The molecule has 0 radical (unpaired) electrons. The maximum absolute atomic E-state index is 14.4. The summed E-state index contributed by atoms with van der Waals surface area (Å²) in [6, 6.07) is 13.2. The Hall–Kier alpha value is -1.90. The molecule has 0 aliphatic carbocycles. The number of rotatable bonds is 2. The Bertz CT molecular complexity index is 554. The molecule has 3 rings (SSSR count). The number of alkyl halides is 1. The maximum atomic E-state index is 14.4. The van der Waals surface area contributed by atoms with E-state index in [-0.39, 0.29) is 12.4 Å². The quantitative estimate of drug-likeness (QED) is 0.777. The molecular weight excluding hydrogens is 234 g/mol. The van der Waals surface area contributed by atoms with Gasteiger partial charge in [0.15, 0.2) is 0 Å². The van der Waals surface area contributed by atoms with Gasteiger partial charge in [0.1, 0.15) is 17.7 Å². The molecule has 0 bridgehead atoms. The van der Waals surface area contributed by atoms with Crippen LogP contribution in [0.4, 0.5) is 8.78 Å². The van der Waals surface area contributed by atoms with Crippen molar-refractivity contribution in [2.24, 2.45) is 0 Å². The van der Waals surface area contributed by atoms with E-state index in [1.54, 1.807) is 30.3 Å². The van der Waals surface area contributed by atoms with E-state index in [2.05, 4.69) is 0 Å². The van der Waals surface area contributed by atoms with Crippen LogP contribution in [-0.2, 0) is 0 Å². The minimum absolute atomic E-state index is 0.259. The lowest BCUT2D eigenvalue weighted by Crippen LogP contribution is -2.08. The van der Waals surface area contributed by atoms with Crippen molar-refractivity contribution in [1.82, 2.24) is 0 Å². The molecule has 1 nitrogen and oxygen atoms in total. The Morgan fingerprint density at radius 1 is 1.11 bits per heavy atom. The molecule has 2 atom stereocenters. The van der Waals surface area contributed by atoms with Gasteiger partial charge in [0.25, 0.3) is 0 Å². The Balaban J connectivity index is 1.94. The Morgan fingerprint density at radius 3 is 2.67 bits per heavy atom. The van der Waals surface area contributed by atoms with Crippen LogP contribution in [0.2, 0.25) is 0 Å². The molecule has 92 valence electrons.